The predicted molar refractivity (Wildman–Crippen MR) is 141 cm³/mol. The zero-order chi connectivity index (χ0) is 26.7. The standard InChI is InChI=1S/C27H26FN5O4S/c1-37-24-16-20(27(34)33-14-12-32(13-15-33)18-22-9-8-21(28)17-30-22)7-10-23(24)31-38(35,36)25-6-2-4-19-5-3-11-29-26(19)25/h2-11,16-17,31H,12-15,18H2,1H3. The van der Waals surface area contributed by atoms with Crippen LogP contribution in [0.2, 0.25) is 0 Å². The van der Waals surface area contributed by atoms with Crippen molar-refractivity contribution in [2.24, 2.45) is 0 Å². The minimum Gasteiger partial charge on any atom is -0.495 e. The van der Waals surface area contributed by atoms with Crippen LogP contribution in [0.15, 0.2) is 78.0 Å². The lowest BCUT2D eigenvalue weighted by molar-refractivity contribution is 0.0626. The Bertz CT molecular complexity index is 1570. The van der Waals surface area contributed by atoms with Crippen LogP contribution in [0, 0.1) is 5.82 Å². The molecule has 2 aromatic heterocycles. The summed E-state index contributed by atoms with van der Waals surface area (Å²) in [7, 11) is -2.56. The number of sulfonamides is 1. The monoisotopic (exact) mass is 535 g/mol. The van der Waals surface area contributed by atoms with E-state index in [1.165, 1.54) is 37.6 Å². The van der Waals surface area contributed by atoms with E-state index in [-0.39, 0.29) is 28.1 Å². The number of carbonyl (C=O) groups is 1. The molecule has 2 aromatic carbocycles. The largest absolute Gasteiger partial charge is 0.495 e. The molecule has 5 rings (SSSR count). The molecule has 3 heterocycles. The number of methoxy groups -OCH3 is 1. The molecule has 0 atom stereocenters. The minimum absolute atomic E-state index is 0.0477. The Balaban J connectivity index is 1.28. The molecule has 0 radical (unpaired) electrons. The van der Waals surface area contributed by atoms with Crippen molar-refractivity contribution in [3.05, 3.63) is 90.1 Å². The quantitative estimate of drug-likeness (QED) is 0.386. The fourth-order valence-corrected chi connectivity index (χ4v) is 5.67. The lowest BCUT2D eigenvalue weighted by atomic mass is 10.1. The van der Waals surface area contributed by atoms with E-state index in [1.807, 2.05) is 0 Å². The predicted octanol–water partition coefficient (Wildman–Crippen LogP) is 3.54. The molecule has 4 aromatic rings. The van der Waals surface area contributed by atoms with Gasteiger partial charge in [0.2, 0.25) is 0 Å². The summed E-state index contributed by atoms with van der Waals surface area (Å²) in [5.74, 6) is -0.312. The number of carbonyl (C=O) groups excluding carboxylic acids is 1. The Morgan fingerprint density at radius 2 is 1.82 bits per heavy atom. The van der Waals surface area contributed by atoms with Crippen molar-refractivity contribution in [2.45, 2.75) is 11.4 Å². The van der Waals surface area contributed by atoms with E-state index in [2.05, 4.69) is 19.6 Å². The third-order valence-electron chi connectivity index (χ3n) is 6.41. The van der Waals surface area contributed by atoms with Gasteiger partial charge in [0.25, 0.3) is 15.9 Å². The van der Waals surface area contributed by atoms with Crippen molar-refractivity contribution >= 4 is 32.5 Å². The third-order valence-corrected chi connectivity index (χ3v) is 7.81. The summed E-state index contributed by atoms with van der Waals surface area (Å²) in [5.41, 5.74) is 1.75. The van der Waals surface area contributed by atoms with Gasteiger partial charge < -0.3 is 9.64 Å². The van der Waals surface area contributed by atoms with Crippen molar-refractivity contribution in [1.82, 2.24) is 19.8 Å². The van der Waals surface area contributed by atoms with Crippen molar-refractivity contribution in [2.75, 3.05) is 38.0 Å². The molecule has 1 fully saturated rings. The van der Waals surface area contributed by atoms with Crippen LogP contribution in [0.4, 0.5) is 10.1 Å². The van der Waals surface area contributed by atoms with Crippen molar-refractivity contribution in [3.8, 4) is 5.75 Å². The molecule has 1 saturated heterocycles. The molecule has 11 heteroatoms. The molecule has 0 bridgehead atoms. The molecular formula is C27H26FN5O4S. The summed E-state index contributed by atoms with van der Waals surface area (Å²) in [4.78, 5) is 25.5. The van der Waals surface area contributed by atoms with E-state index in [1.54, 1.807) is 47.5 Å². The number of nitrogens with zero attached hydrogens (tertiary/aromatic N) is 4. The average molecular weight is 536 g/mol. The van der Waals surface area contributed by atoms with Gasteiger partial charge in [-0.1, -0.05) is 18.2 Å². The Kier molecular flexibility index (Phi) is 7.21. The molecule has 196 valence electrons. The Labute approximate surface area is 219 Å². The van der Waals surface area contributed by atoms with Gasteiger partial charge in [-0.3, -0.25) is 24.4 Å². The lowest BCUT2D eigenvalue weighted by Crippen LogP contribution is -2.48. The van der Waals surface area contributed by atoms with E-state index >= 15 is 0 Å². The zero-order valence-corrected chi connectivity index (χ0v) is 21.5. The SMILES string of the molecule is COc1cc(C(=O)N2CCN(Cc3ccc(F)cn3)CC2)ccc1NS(=O)(=O)c1cccc2cccnc12. The number of hydrogen-bond acceptors (Lipinski definition) is 7. The summed E-state index contributed by atoms with van der Waals surface area (Å²) >= 11 is 0. The number of hydrogen-bond donors (Lipinski definition) is 1. The van der Waals surface area contributed by atoms with Crippen LogP contribution >= 0.6 is 0 Å². The topological polar surface area (TPSA) is 105 Å². The van der Waals surface area contributed by atoms with Crippen LogP contribution in [-0.4, -0.2) is 67.4 Å². The van der Waals surface area contributed by atoms with Gasteiger partial charge in [-0.15, -0.1) is 0 Å². The van der Waals surface area contributed by atoms with Crippen LogP contribution in [-0.2, 0) is 16.6 Å². The van der Waals surface area contributed by atoms with Crippen LogP contribution < -0.4 is 9.46 Å². The normalized spacial score (nSPS) is 14.4. The van der Waals surface area contributed by atoms with E-state index in [9.17, 15) is 17.6 Å². The highest BCUT2D eigenvalue weighted by molar-refractivity contribution is 7.93. The molecule has 0 unspecified atom stereocenters. The summed E-state index contributed by atoms with van der Waals surface area (Å²) in [6.45, 7) is 2.92. The highest BCUT2D eigenvalue weighted by Gasteiger charge is 2.25. The second kappa shape index (κ2) is 10.7. The summed E-state index contributed by atoms with van der Waals surface area (Å²) in [6, 6.07) is 16.2. The first kappa shape index (κ1) is 25.6. The van der Waals surface area contributed by atoms with Crippen LogP contribution in [0.5, 0.6) is 5.75 Å². The van der Waals surface area contributed by atoms with Gasteiger partial charge in [0, 0.05) is 49.9 Å². The number of anilines is 1. The second-order valence-corrected chi connectivity index (χ2v) is 10.5. The van der Waals surface area contributed by atoms with Crippen molar-refractivity contribution in [1.29, 1.82) is 0 Å². The zero-order valence-electron chi connectivity index (χ0n) is 20.7. The van der Waals surface area contributed by atoms with Crippen LogP contribution in [0.3, 0.4) is 0 Å². The van der Waals surface area contributed by atoms with Gasteiger partial charge in [-0.05, 0) is 42.5 Å². The highest BCUT2D eigenvalue weighted by Crippen LogP contribution is 2.30. The molecular weight excluding hydrogens is 509 g/mol. The smallest absolute Gasteiger partial charge is 0.264 e. The number of fused-ring (bicyclic) bond motifs is 1. The van der Waals surface area contributed by atoms with Gasteiger partial charge >= 0.3 is 0 Å². The van der Waals surface area contributed by atoms with E-state index in [0.717, 1.165) is 5.69 Å². The average Bonchev–Trinajstić information content (AvgIpc) is 2.94. The Hall–Kier alpha value is -4.09. The van der Waals surface area contributed by atoms with Gasteiger partial charge in [-0.25, -0.2) is 12.8 Å². The molecule has 38 heavy (non-hydrogen) atoms. The number of ether oxygens (including phenoxy) is 1. The summed E-state index contributed by atoms with van der Waals surface area (Å²) in [5, 5.41) is 0.706. The first-order chi connectivity index (χ1) is 18.3. The van der Waals surface area contributed by atoms with Crippen molar-refractivity contribution < 1.29 is 22.3 Å². The number of piperazine rings is 1. The Morgan fingerprint density at radius 3 is 2.55 bits per heavy atom. The van der Waals surface area contributed by atoms with E-state index in [0.29, 0.717) is 49.2 Å². The molecule has 1 aliphatic heterocycles. The van der Waals surface area contributed by atoms with E-state index < -0.39 is 10.0 Å². The van der Waals surface area contributed by atoms with Crippen LogP contribution in [0.1, 0.15) is 16.1 Å². The number of nitrogens with one attached hydrogen (secondary N) is 1. The number of aromatic nitrogens is 2. The molecule has 9 nitrogen and oxygen atoms in total. The fourth-order valence-electron chi connectivity index (χ4n) is 4.42. The first-order valence-corrected chi connectivity index (χ1v) is 13.5. The van der Waals surface area contributed by atoms with Gasteiger partial charge in [0.1, 0.15) is 16.5 Å². The molecule has 0 aliphatic carbocycles. The minimum atomic E-state index is -3.98. The lowest BCUT2D eigenvalue weighted by Gasteiger charge is -2.34. The molecule has 1 amide bonds. The number of halogens is 1. The summed E-state index contributed by atoms with van der Waals surface area (Å²) < 4.78 is 47.5. The number of para-hydroxylation sites is 1. The maximum Gasteiger partial charge on any atom is 0.264 e. The van der Waals surface area contributed by atoms with Gasteiger partial charge in [-0.2, -0.15) is 0 Å². The summed E-state index contributed by atoms with van der Waals surface area (Å²) in [6.07, 6.45) is 2.74. The molecule has 1 N–H and O–H groups in total. The molecule has 1 aliphatic rings. The molecule has 0 saturated carbocycles. The third kappa shape index (κ3) is 5.43. The Morgan fingerprint density at radius 1 is 1.03 bits per heavy atom. The van der Waals surface area contributed by atoms with Gasteiger partial charge in [0.15, 0.2) is 0 Å². The maximum atomic E-state index is 13.2. The fraction of sp³-hybridized carbons (Fsp3) is 0.222. The van der Waals surface area contributed by atoms with Crippen molar-refractivity contribution in [3.63, 3.8) is 0 Å². The number of pyridine rings is 2. The van der Waals surface area contributed by atoms with E-state index in [4.69, 9.17) is 4.74 Å². The highest BCUT2D eigenvalue weighted by atomic mass is 32.2. The van der Waals surface area contributed by atoms with Crippen LogP contribution in [0.25, 0.3) is 10.9 Å². The first-order valence-electron chi connectivity index (χ1n) is 12.0. The van der Waals surface area contributed by atoms with Gasteiger partial charge in [0.05, 0.1) is 30.2 Å². The number of amides is 1. The second-order valence-electron chi connectivity index (χ2n) is 8.89. The number of benzene rings is 2. The molecule has 0 spiro atoms. The maximum absolute atomic E-state index is 13.2. The number of rotatable bonds is 7.